The van der Waals surface area contributed by atoms with Crippen molar-refractivity contribution in [1.82, 2.24) is 4.98 Å². The van der Waals surface area contributed by atoms with Crippen LogP contribution in [0.25, 0.3) is 0 Å². The van der Waals surface area contributed by atoms with Crippen LogP contribution >= 0.6 is 38.5 Å². The van der Waals surface area contributed by atoms with Crippen LogP contribution in [0.3, 0.4) is 0 Å². The van der Waals surface area contributed by atoms with Crippen molar-refractivity contribution in [2.24, 2.45) is 0 Å². The number of rotatable bonds is 2. The molecule has 0 saturated carbocycles. The Hall–Kier alpha value is -0.0400. The van der Waals surface area contributed by atoms with Crippen molar-refractivity contribution in [2.45, 2.75) is 0 Å². The number of halogens is 2. The van der Waals surface area contributed by atoms with Gasteiger partial charge in [0.05, 0.1) is 22.3 Å². The Morgan fingerprint density at radius 3 is 2.58 bits per heavy atom. The van der Waals surface area contributed by atoms with E-state index < -0.39 is 0 Å². The van der Waals surface area contributed by atoms with Crippen LogP contribution in [-0.4, -0.2) is 19.2 Å². The Bertz CT molecular complexity index is 293. The van der Waals surface area contributed by atoms with Gasteiger partial charge in [0, 0.05) is 6.20 Å². The third-order valence-electron chi connectivity index (χ3n) is 1.30. The van der Waals surface area contributed by atoms with Crippen molar-refractivity contribution in [2.75, 3.05) is 14.2 Å². The fraction of sp³-hybridized carbons (Fsp3) is 0.286. The molecular formula is C7H7BrINO2. The maximum Gasteiger partial charge on any atom is 0.257 e. The summed E-state index contributed by atoms with van der Waals surface area (Å²) >= 11 is 5.51. The quantitative estimate of drug-likeness (QED) is 0.773. The molecule has 12 heavy (non-hydrogen) atoms. The molecule has 0 aliphatic rings. The Balaban J connectivity index is 3.25. The molecule has 0 unspecified atom stereocenters. The first-order valence-electron chi connectivity index (χ1n) is 3.12. The van der Waals surface area contributed by atoms with Crippen LogP contribution in [0.15, 0.2) is 10.7 Å². The average Bonchev–Trinajstić information content (AvgIpc) is 2.09. The summed E-state index contributed by atoms with van der Waals surface area (Å²) in [5.41, 5.74) is 0. The molecule has 0 radical (unpaired) electrons. The highest BCUT2D eigenvalue weighted by molar-refractivity contribution is 14.1. The summed E-state index contributed by atoms with van der Waals surface area (Å²) in [7, 11) is 3.16. The van der Waals surface area contributed by atoms with Gasteiger partial charge in [-0.15, -0.1) is 0 Å². The minimum Gasteiger partial charge on any atom is -0.490 e. The van der Waals surface area contributed by atoms with Gasteiger partial charge in [-0.05, 0) is 38.5 Å². The van der Waals surface area contributed by atoms with E-state index in [0.717, 1.165) is 8.04 Å². The lowest BCUT2D eigenvalue weighted by atomic mass is 10.4. The number of nitrogens with zero attached hydrogens (tertiary/aromatic N) is 1. The van der Waals surface area contributed by atoms with Crippen LogP contribution in [-0.2, 0) is 0 Å². The largest absolute Gasteiger partial charge is 0.490 e. The summed E-state index contributed by atoms with van der Waals surface area (Å²) in [6.45, 7) is 0. The first kappa shape index (κ1) is 10.0. The summed E-state index contributed by atoms with van der Waals surface area (Å²) in [6, 6.07) is 0. The van der Waals surface area contributed by atoms with Crippen LogP contribution in [0.5, 0.6) is 11.6 Å². The predicted molar refractivity (Wildman–Crippen MR) is 57.8 cm³/mol. The van der Waals surface area contributed by atoms with Crippen molar-refractivity contribution in [3.05, 3.63) is 14.2 Å². The highest BCUT2D eigenvalue weighted by atomic mass is 127. The fourth-order valence-electron chi connectivity index (χ4n) is 0.755. The average molecular weight is 344 g/mol. The lowest BCUT2D eigenvalue weighted by molar-refractivity contribution is 0.340. The minimum atomic E-state index is 0.505. The van der Waals surface area contributed by atoms with Gasteiger partial charge in [0.2, 0.25) is 0 Å². The van der Waals surface area contributed by atoms with Crippen LogP contribution in [0.2, 0.25) is 0 Å². The number of aromatic nitrogens is 1. The van der Waals surface area contributed by atoms with Crippen LogP contribution in [0, 0.1) is 3.57 Å². The SMILES string of the molecule is COc1ncc(Br)c(I)c1OC. The zero-order valence-electron chi connectivity index (χ0n) is 6.60. The van der Waals surface area contributed by atoms with Gasteiger partial charge < -0.3 is 9.47 Å². The standard InChI is InChI=1S/C7H7BrINO2/c1-11-6-5(9)4(8)3-10-7(6)12-2/h3H,1-2H3. The number of ether oxygens (including phenoxy) is 2. The third-order valence-corrected chi connectivity index (χ3v) is 3.71. The Morgan fingerprint density at radius 2 is 2.08 bits per heavy atom. The van der Waals surface area contributed by atoms with Crippen molar-refractivity contribution >= 4 is 38.5 Å². The number of hydrogen-bond donors (Lipinski definition) is 0. The number of pyridine rings is 1. The second-order valence-electron chi connectivity index (χ2n) is 1.96. The van der Waals surface area contributed by atoms with Crippen LogP contribution in [0.4, 0.5) is 0 Å². The topological polar surface area (TPSA) is 31.4 Å². The monoisotopic (exact) mass is 343 g/mol. The molecule has 1 heterocycles. The first-order chi connectivity index (χ1) is 5.70. The molecule has 0 amide bonds. The van der Waals surface area contributed by atoms with E-state index in [0.29, 0.717) is 11.6 Å². The molecule has 0 spiro atoms. The molecule has 5 heteroatoms. The molecule has 0 atom stereocenters. The Kier molecular flexibility index (Phi) is 3.57. The molecule has 66 valence electrons. The molecular weight excluding hydrogens is 337 g/mol. The van der Waals surface area contributed by atoms with E-state index in [4.69, 9.17) is 9.47 Å². The van der Waals surface area contributed by atoms with E-state index in [2.05, 4.69) is 43.5 Å². The van der Waals surface area contributed by atoms with E-state index in [1.165, 1.54) is 0 Å². The molecule has 0 aromatic carbocycles. The van der Waals surface area contributed by atoms with Crippen molar-refractivity contribution in [3.63, 3.8) is 0 Å². The molecule has 1 rings (SSSR count). The second-order valence-corrected chi connectivity index (χ2v) is 3.90. The predicted octanol–water partition coefficient (Wildman–Crippen LogP) is 2.47. The smallest absolute Gasteiger partial charge is 0.257 e. The summed E-state index contributed by atoms with van der Waals surface area (Å²) in [6.07, 6.45) is 1.68. The van der Waals surface area contributed by atoms with E-state index in [1.54, 1.807) is 20.4 Å². The van der Waals surface area contributed by atoms with E-state index >= 15 is 0 Å². The molecule has 3 nitrogen and oxygen atoms in total. The number of methoxy groups -OCH3 is 2. The Labute approximate surface area is 92.7 Å². The van der Waals surface area contributed by atoms with Crippen molar-refractivity contribution in [1.29, 1.82) is 0 Å². The highest BCUT2D eigenvalue weighted by Gasteiger charge is 2.11. The second kappa shape index (κ2) is 4.27. The number of hydrogen-bond acceptors (Lipinski definition) is 3. The molecule has 0 aliphatic carbocycles. The first-order valence-corrected chi connectivity index (χ1v) is 4.99. The van der Waals surface area contributed by atoms with Gasteiger partial charge in [-0.1, -0.05) is 0 Å². The summed E-state index contributed by atoms with van der Waals surface area (Å²) in [4.78, 5) is 4.03. The molecule has 0 saturated heterocycles. The van der Waals surface area contributed by atoms with Gasteiger partial charge in [-0.3, -0.25) is 0 Å². The molecule has 0 N–H and O–H groups in total. The normalized spacial score (nSPS) is 9.67. The van der Waals surface area contributed by atoms with E-state index in [9.17, 15) is 0 Å². The van der Waals surface area contributed by atoms with Gasteiger partial charge >= 0.3 is 0 Å². The summed E-state index contributed by atoms with van der Waals surface area (Å²) in [5.74, 6) is 1.16. The minimum absolute atomic E-state index is 0.505. The summed E-state index contributed by atoms with van der Waals surface area (Å²) < 4.78 is 12.0. The zero-order valence-corrected chi connectivity index (χ0v) is 10.3. The molecule has 1 aromatic rings. The molecule has 0 bridgehead atoms. The highest BCUT2D eigenvalue weighted by Crippen LogP contribution is 2.34. The van der Waals surface area contributed by atoms with Crippen molar-refractivity contribution in [3.8, 4) is 11.6 Å². The molecule has 1 aromatic heterocycles. The summed E-state index contributed by atoms with van der Waals surface area (Å²) in [5, 5.41) is 0. The van der Waals surface area contributed by atoms with Crippen LogP contribution < -0.4 is 9.47 Å². The third kappa shape index (κ3) is 1.82. The van der Waals surface area contributed by atoms with E-state index in [1.807, 2.05) is 0 Å². The van der Waals surface area contributed by atoms with Gasteiger partial charge in [0.1, 0.15) is 0 Å². The van der Waals surface area contributed by atoms with Gasteiger partial charge in [-0.25, -0.2) is 4.98 Å². The fourth-order valence-corrected chi connectivity index (χ4v) is 1.63. The zero-order chi connectivity index (χ0) is 9.14. The van der Waals surface area contributed by atoms with Gasteiger partial charge in [-0.2, -0.15) is 0 Å². The van der Waals surface area contributed by atoms with E-state index in [-0.39, 0.29) is 0 Å². The molecule has 0 aliphatic heterocycles. The maximum absolute atomic E-state index is 5.12. The van der Waals surface area contributed by atoms with Gasteiger partial charge in [0.25, 0.3) is 5.88 Å². The van der Waals surface area contributed by atoms with Crippen LogP contribution in [0.1, 0.15) is 0 Å². The van der Waals surface area contributed by atoms with Gasteiger partial charge in [0.15, 0.2) is 5.75 Å². The molecule has 0 fully saturated rings. The lowest BCUT2D eigenvalue weighted by Crippen LogP contribution is -1.96. The van der Waals surface area contributed by atoms with Crippen molar-refractivity contribution < 1.29 is 9.47 Å². The Morgan fingerprint density at radius 1 is 1.42 bits per heavy atom. The lowest BCUT2D eigenvalue weighted by Gasteiger charge is -2.08. The maximum atomic E-state index is 5.12.